The molecule has 0 aromatic carbocycles. The first-order valence-electron chi connectivity index (χ1n) is 30.8. The van der Waals surface area contributed by atoms with Crippen LogP contribution in [0.4, 0.5) is 0 Å². The number of carbonyl (C=O) groups excluding carboxylic acids is 3. The first kappa shape index (κ1) is 66.9. The summed E-state index contributed by atoms with van der Waals surface area (Å²) in [6.45, 7) is 6.63. The molecule has 0 aliphatic carbocycles. The van der Waals surface area contributed by atoms with Crippen LogP contribution in [0.2, 0.25) is 0 Å². The Hall–Kier alpha value is -2.11. The first-order valence-corrected chi connectivity index (χ1v) is 30.8. The zero-order valence-corrected chi connectivity index (χ0v) is 46.6. The van der Waals surface area contributed by atoms with Gasteiger partial charge in [0.1, 0.15) is 13.2 Å². The molecule has 0 radical (unpaired) electrons. The molecular weight excluding hydrogens is 853 g/mol. The molecule has 0 aliphatic rings. The lowest BCUT2D eigenvalue weighted by Crippen LogP contribution is -2.30. The summed E-state index contributed by atoms with van der Waals surface area (Å²) in [6, 6.07) is 0. The maximum atomic E-state index is 12.8. The molecular formula is C63H118O6. The summed E-state index contributed by atoms with van der Waals surface area (Å²) in [6.07, 6.45) is 69.2. The van der Waals surface area contributed by atoms with Crippen LogP contribution in [0, 0.1) is 0 Å². The van der Waals surface area contributed by atoms with Crippen molar-refractivity contribution in [2.24, 2.45) is 0 Å². The van der Waals surface area contributed by atoms with Crippen LogP contribution in [0.1, 0.15) is 342 Å². The lowest BCUT2D eigenvalue weighted by molar-refractivity contribution is -0.167. The molecule has 0 spiro atoms. The predicted molar refractivity (Wildman–Crippen MR) is 298 cm³/mol. The third-order valence-electron chi connectivity index (χ3n) is 14.0. The molecule has 406 valence electrons. The van der Waals surface area contributed by atoms with E-state index in [2.05, 4.69) is 45.1 Å². The van der Waals surface area contributed by atoms with Crippen molar-refractivity contribution in [1.29, 1.82) is 0 Å². The van der Waals surface area contributed by atoms with Crippen molar-refractivity contribution in [1.82, 2.24) is 0 Å². The molecule has 0 saturated carbocycles. The van der Waals surface area contributed by atoms with E-state index in [1.54, 1.807) is 0 Å². The topological polar surface area (TPSA) is 78.9 Å². The van der Waals surface area contributed by atoms with Crippen LogP contribution in [0.3, 0.4) is 0 Å². The fourth-order valence-electron chi connectivity index (χ4n) is 9.30. The number of ether oxygens (including phenoxy) is 3. The van der Waals surface area contributed by atoms with E-state index in [0.717, 1.165) is 70.6 Å². The lowest BCUT2D eigenvalue weighted by atomic mass is 10.0. The van der Waals surface area contributed by atoms with Gasteiger partial charge in [0, 0.05) is 19.3 Å². The van der Waals surface area contributed by atoms with E-state index >= 15 is 0 Å². The molecule has 0 N–H and O–H groups in total. The van der Waals surface area contributed by atoms with Crippen molar-refractivity contribution >= 4 is 17.9 Å². The Kier molecular flexibility index (Phi) is 56.7. The van der Waals surface area contributed by atoms with Gasteiger partial charge in [-0.3, -0.25) is 14.4 Å². The summed E-state index contributed by atoms with van der Waals surface area (Å²) in [7, 11) is 0. The minimum Gasteiger partial charge on any atom is -0.462 e. The van der Waals surface area contributed by atoms with Gasteiger partial charge in [-0.1, -0.05) is 295 Å². The number of rotatable bonds is 57. The monoisotopic (exact) mass is 971 g/mol. The molecule has 0 saturated heterocycles. The molecule has 0 aromatic rings. The predicted octanol–water partition coefficient (Wildman–Crippen LogP) is 20.7. The number of esters is 3. The van der Waals surface area contributed by atoms with Gasteiger partial charge in [0.15, 0.2) is 6.10 Å². The fraction of sp³-hybridized carbons (Fsp3) is 0.889. The third kappa shape index (κ3) is 56.7. The zero-order chi connectivity index (χ0) is 50.0. The highest BCUT2D eigenvalue weighted by Gasteiger charge is 2.19. The minimum absolute atomic E-state index is 0.0694. The molecule has 0 bridgehead atoms. The van der Waals surface area contributed by atoms with E-state index in [-0.39, 0.29) is 31.1 Å². The average Bonchev–Trinajstić information content (AvgIpc) is 3.35. The van der Waals surface area contributed by atoms with Gasteiger partial charge in [-0.25, -0.2) is 0 Å². The molecule has 6 heteroatoms. The van der Waals surface area contributed by atoms with E-state index in [1.807, 2.05) is 0 Å². The quantitative estimate of drug-likeness (QED) is 0.0261. The maximum Gasteiger partial charge on any atom is 0.306 e. The highest BCUT2D eigenvalue weighted by atomic mass is 16.6. The second-order valence-electron chi connectivity index (χ2n) is 21.0. The summed E-state index contributed by atoms with van der Waals surface area (Å²) in [5.74, 6) is -0.861. The Labute approximate surface area is 430 Å². The van der Waals surface area contributed by atoms with Gasteiger partial charge in [0.25, 0.3) is 0 Å². The van der Waals surface area contributed by atoms with Crippen molar-refractivity contribution in [3.05, 3.63) is 24.3 Å². The molecule has 0 aromatic heterocycles. The van der Waals surface area contributed by atoms with Gasteiger partial charge in [0.05, 0.1) is 0 Å². The largest absolute Gasteiger partial charge is 0.462 e. The van der Waals surface area contributed by atoms with Crippen molar-refractivity contribution < 1.29 is 28.6 Å². The Morgan fingerprint density at radius 1 is 0.290 bits per heavy atom. The molecule has 0 amide bonds. The normalized spacial score (nSPS) is 12.1. The standard InChI is InChI=1S/C63H118O6/c1-4-7-10-13-16-19-21-23-25-27-28-29-30-31-32-33-34-35-37-38-40-42-44-47-50-53-56-62(65)68-59-60(58-67-61(64)55-52-49-46-18-15-12-9-6-3)69-63(66)57-54-51-48-45-43-41-39-36-26-24-22-20-17-14-11-8-5-2/h17,20,24,26,60H,4-16,18-19,21-23,25,27-59H2,1-3H3/b20-17-,26-24-. The average molecular weight is 972 g/mol. The second-order valence-corrected chi connectivity index (χ2v) is 21.0. The zero-order valence-electron chi connectivity index (χ0n) is 46.6. The van der Waals surface area contributed by atoms with E-state index in [0.29, 0.717) is 19.3 Å². The summed E-state index contributed by atoms with van der Waals surface area (Å²) in [5.41, 5.74) is 0. The summed E-state index contributed by atoms with van der Waals surface area (Å²) in [4.78, 5) is 38.0. The molecule has 6 nitrogen and oxygen atoms in total. The smallest absolute Gasteiger partial charge is 0.306 e. The van der Waals surface area contributed by atoms with Crippen LogP contribution in [0.25, 0.3) is 0 Å². The Morgan fingerprint density at radius 2 is 0.522 bits per heavy atom. The van der Waals surface area contributed by atoms with Gasteiger partial charge in [-0.05, 0) is 51.4 Å². The van der Waals surface area contributed by atoms with Crippen molar-refractivity contribution in [3.63, 3.8) is 0 Å². The molecule has 0 rings (SSSR count). The van der Waals surface area contributed by atoms with E-state index in [9.17, 15) is 14.4 Å². The molecule has 0 fully saturated rings. The number of allylic oxidation sites excluding steroid dienone is 4. The van der Waals surface area contributed by atoms with Gasteiger partial charge in [0.2, 0.25) is 0 Å². The summed E-state index contributed by atoms with van der Waals surface area (Å²) < 4.78 is 16.8. The van der Waals surface area contributed by atoms with Gasteiger partial charge in [-0.15, -0.1) is 0 Å². The highest BCUT2D eigenvalue weighted by Crippen LogP contribution is 2.18. The Morgan fingerprint density at radius 3 is 0.826 bits per heavy atom. The van der Waals surface area contributed by atoms with Crippen LogP contribution in [-0.2, 0) is 28.6 Å². The van der Waals surface area contributed by atoms with Gasteiger partial charge < -0.3 is 14.2 Å². The van der Waals surface area contributed by atoms with Crippen molar-refractivity contribution in [2.75, 3.05) is 13.2 Å². The van der Waals surface area contributed by atoms with Crippen molar-refractivity contribution in [2.45, 2.75) is 348 Å². The fourth-order valence-corrected chi connectivity index (χ4v) is 9.30. The van der Waals surface area contributed by atoms with E-state index in [4.69, 9.17) is 14.2 Å². The Bertz CT molecular complexity index is 1110. The highest BCUT2D eigenvalue weighted by molar-refractivity contribution is 5.71. The van der Waals surface area contributed by atoms with E-state index in [1.165, 1.54) is 231 Å². The summed E-state index contributed by atoms with van der Waals surface area (Å²) in [5, 5.41) is 0. The van der Waals surface area contributed by atoms with Crippen LogP contribution in [0.15, 0.2) is 24.3 Å². The Balaban J connectivity index is 4.10. The van der Waals surface area contributed by atoms with E-state index < -0.39 is 6.10 Å². The minimum atomic E-state index is -0.770. The number of carbonyl (C=O) groups is 3. The number of unbranched alkanes of at least 4 members (excludes halogenated alkanes) is 42. The van der Waals surface area contributed by atoms with Crippen molar-refractivity contribution in [3.8, 4) is 0 Å². The first-order chi connectivity index (χ1) is 34.0. The second kappa shape index (κ2) is 58.5. The molecule has 69 heavy (non-hydrogen) atoms. The summed E-state index contributed by atoms with van der Waals surface area (Å²) >= 11 is 0. The van der Waals surface area contributed by atoms with Crippen LogP contribution in [-0.4, -0.2) is 37.2 Å². The van der Waals surface area contributed by atoms with Crippen LogP contribution < -0.4 is 0 Å². The molecule has 1 atom stereocenters. The van der Waals surface area contributed by atoms with Crippen LogP contribution in [0.5, 0.6) is 0 Å². The maximum absolute atomic E-state index is 12.8. The molecule has 0 heterocycles. The number of hydrogen-bond donors (Lipinski definition) is 0. The van der Waals surface area contributed by atoms with Crippen LogP contribution >= 0.6 is 0 Å². The lowest BCUT2D eigenvalue weighted by Gasteiger charge is -2.18. The third-order valence-corrected chi connectivity index (χ3v) is 14.0. The molecule has 1 unspecified atom stereocenters. The molecule has 0 aliphatic heterocycles. The van der Waals surface area contributed by atoms with Gasteiger partial charge >= 0.3 is 17.9 Å². The SMILES string of the molecule is CCCCC/C=C\C/C=C\CCCCCCCCCC(=O)OC(COC(=O)CCCCCCCCCC)COC(=O)CCCCCCCCCCCCCCCCCCCCCCCCCCCC. The van der Waals surface area contributed by atoms with Gasteiger partial charge in [-0.2, -0.15) is 0 Å². The number of hydrogen-bond acceptors (Lipinski definition) is 6.